The topological polar surface area (TPSA) is 65.7 Å². The van der Waals surface area contributed by atoms with E-state index in [-0.39, 0.29) is 5.97 Å². The van der Waals surface area contributed by atoms with Crippen LogP contribution < -0.4 is 10.4 Å². The lowest BCUT2D eigenvalue weighted by Crippen LogP contribution is -2.48. The minimum atomic E-state index is -0.651. The van der Waals surface area contributed by atoms with Crippen molar-refractivity contribution in [2.24, 2.45) is 0 Å². The van der Waals surface area contributed by atoms with Gasteiger partial charge in [-0.3, -0.25) is 0 Å². The highest BCUT2D eigenvalue weighted by molar-refractivity contribution is 5.83. The Morgan fingerprint density at radius 3 is 2.75 bits per heavy atom. The first-order valence-electron chi connectivity index (χ1n) is 7.86. The van der Waals surface area contributed by atoms with Gasteiger partial charge in [-0.2, -0.15) is 0 Å². The third-order valence-electron chi connectivity index (χ3n) is 4.02. The van der Waals surface area contributed by atoms with E-state index in [9.17, 15) is 9.59 Å². The van der Waals surface area contributed by atoms with Gasteiger partial charge in [0.25, 0.3) is 0 Å². The maximum atomic E-state index is 12.0. The van der Waals surface area contributed by atoms with E-state index in [0.29, 0.717) is 12.0 Å². The molecule has 2 aromatic rings. The fourth-order valence-corrected chi connectivity index (χ4v) is 2.78. The number of carbonyl (C=O) groups excluding carboxylic acids is 1. The second-order valence-corrected chi connectivity index (χ2v) is 6.81. The third-order valence-corrected chi connectivity index (χ3v) is 4.02. The van der Waals surface area contributed by atoms with Crippen LogP contribution in [0.1, 0.15) is 33.3 Å². The van der Waals surface area contributed by atoms with E-state index in [1.165, 1.54) is 12.1 Å². The lowest BCUT2D eigenvalue weighted by Gasteiger charge is -2.39. The van der Waals surface area contributed by atoms with Gasteiger partial charge in [0.1, 0.15) is 23.0 Å². The maximum Gasteiger partial charge on any atom is 0.336 e. The SMILES string of the molecule is CC(C)=CC(=O)O[C@H]1Cc2cc3oc(=O)ccc3cc2OC1(C)C. The van der Waals surface area contributed by atoms with Gasteiger partial charge in [-0.1, -0.05) is 5.57 Å². The molecule has 1 aliphatic rings. The van der Waals surface area contributed by atoms with Crippen molar-refractivity contribution < 1.29 is 18.7 Å². The van der Waals surface area contributed by atoms with E-state index in [0.717, 1.165) is 22.3 Å². The number of carbonyl (C=O) groups is 1. The second-order valence-electron chi connectivity index (χ2n) is 6.81. The van der Waals surface area contributed by atoms with E-state index in [1.54, 1.807) is 12.1 Å². The molecule has 0 fully saturated rings. The summed E-state index contributed by atoms with van der Waals surface area (Å²) in [6.45, 7) is 7.47. The fourth-order valence-electron chi connectivity index (χ4n) is 2.78. The molecule has 1 atom stereocenters. The minimum absolute atomic E-state index is 0.382. The minimum Gasteiger partial charge on any atom is -0.484 e. The second kappa shape index (κ2) is 5.82. The molecule has 1 aliphatic heterocycles. The van der Waals surface area contributed by atoms with Crippen molar-refractivity contribution in [3.05, 3.63) is 51.9 Å². The summed E-state index contributed by atoms with van der Waals surface area (Å²) in [7, 11) is 0. The Morgan fingerprint density at radius 1 is 1.29 bits per heavy atom. The first-order chi connectivity index (χ1) is 11.2. The lowest BCUT2D eigenvalue weighted by atomic mass is 9.90. The molecule has 0 N–H and O–H groups in total. The van der Waals surface area contributed by atoms with Gasteiger partial charge in [-0.05, 0) is 45.9 Å². The van der Waals surface area contributed by atoms with Gasteiger partial charge < -0.3 is 13.9 Å². The Balaban J connectivity index is 1.96. The average molecular weight is 328 g/mol. The van der Waals surface area contributed by atoms with Crippen molar-refractivity contribution >= 4 is 16.9 Å². The van der Waals surface area contributed by atoms with Crippen LogP contribution in [0.4, 0.5) is 0 Å². The molecule has 0 bridgehead atoms. The smallest absolute Gasteiger partial charge is 0.336 e. The zero-order valence-corrected chi connectivity index (χ0v) is 14.2. The molecule has 5 heteroatoms. The molecule has 0 radical (unpaired) electrons. The number of ether oxygens (including phenoxy) is 2. The van der Waals surface area contributed by atoms with Crippen LogP contribution in [0.2, 0.25) is 0 Å². The third kappa shape index (κ3) is 3.20. The predicted molar refractivity (Wildman–Crippen MR) is 90.2 cm³/mol. The van der Waals surface area contributed by atoms with Crippen molar-refractivity contribution in [3.63, 3.8) is 0 Å². The Morgan fingerprint density at radius 2 is 2.04 bits per heavy atom. The predicted octanol–water partition coefficient (Wildman–Crippen LogP) is 3.38. The molecular formula is C19H20O5. The summed E-state index contributed by atoms with van der Waals surface area (Å²) in [6.07, 6.45) is 1.53. The Kier molecular flexibility index (Phi) is 3.95. The van der Waals surface area contributed by atoms with Gasteiger partial charge in [-0.15, -0.1) is 0 Å². The van der Waals surface area contributed by atoms with Crippen molar-refractivity contribution in [2.45, 2.75) is 45.8 Å². The Labute approximate surface area is 139 Å². The van der Waals surface area contributed by atoms with Crippen molar-refractivity contribution in [1.82, 2.24) is 0 Å². The number of allylic oxidation sites excluding steroid dienone is 1. The van der Waals surface area contributed by atoms with E-state index in [1.807, 2.05) is 33.8 Å². The van der Waals surface area contributed by atoms with Crippen LogP contribution in [-0.2, 0) is 16.0 Å². The molecule has 0 saturated carbocycles. The van der Waals surface area contributed by atoms with E-state index in [2.05, 4.69) is 0 Å². The molecule has 0 aliphatic carbocycles. The molecule has 0 saturated heterocycles. The van der Waals surface area contributed by atoms with Gasteiger partial charge in [0.15, 0.2) is 0 Å². The van der Waals surface area contributed by atoms with Crippen LogP contribution in [0.5, 0.6) is 5.75 Å². The number of fused-ring (bicyclic) bond motifs is 2. The van der Waals surface area contributed by atoms with Gasteiger partial charge in [0.2, 0.25) is 0 Å². The van der Waals surface area contributed by atoms with Crippen molar-refractivity contribution in [2.75, 3.05) is 0 Å². The zero-order valence-electron chi connectivity index (χ0n) is 14.2. The summed E-state index contributed by atoms with van der Waals surface area (Å²) in [6, 6.07) is 6.72. The number of hydrogen-bond donors (Lipinski definition) is 0. The molecule has 126 valence electrons. The molecule has 0 amide bonds. The van der Waals surface area contributed by atoms with Gasteiger partial charge in [0.05, 0.1) is 0 Å². The normalized spacial score (nSPS) is 18.4. The number of esters is 1. The van der Waals surface area contributed by atoms with E-state index >= 15 is 0 Å². The molecule has 5 nitrogen and oxygen atoms in total. The molecule has 0 spiro atoms. The molecule has 3 rings (SSSR count). The summed E-state index contributed by atoms with van der Waals surface area (Å²) in [5.41, 5.74) is 1.18. The van der Waals surface area contributed by atoms with Crippen LogP contribution in [0.3, 0.4) is 0 Å². The van der Waals surface area contributed by atoms with Crippen LogP contribution >= 0.6 is 0 Å². The summed E-state index contributed by atoms with van der Waals surface area (Å²) in [5.74, 6) is 0.336. The molecule has 1 aromatic heterocycles. The van der Waals surface area contributed by atoms with Crippen LogP contribution in [0.15, 0.2) is 45.1 Å². The number of rotatable bonds is 2. The number of benzene rings is 1. The Bertz CT molecular complexity index is 884. The van der Waals surface area contributed by atoms with Gasteiger partial charge in [0, 0.05) is 29.5 Å². The quantitative estimate of drug-likeness (QED) is 0.480. The van der Waals surface area contributed by atoms with Crippen LogP contribution in [0.25, 0.3) is 11.0 Å². The molecule has 1 aromatic carbocycles. The highest BCUT2D eigenvalue weighted by Gasteiger charge is 2.39. The van der Waals surface area contributed by atoms with Crippen molar-refractivity contribution in [1.29, 1.82) is 0 Å². The molecule has 24 heavy (non-hydrogen) atoms. The summed E-state index contributed by atoms with van der Waals surface area (Å²) in [4.78, 5) is 23.4. The van der Waals surface area contributed by atoms with Gasteiger partial charge in [-0.25, -0.2) is 9.59 Å². The summed E-state index contributed by atoms with van der Waals surface area (Å²) < 4.78 is 16.9. The Hall–Kier alpha value is -2.56. The molecular weight excluding hydrogens is 308 g/mol. The lowest BCUT2D eigenvalue weighted by molar-refractivity contribution is -0.155. The summed E-state index contributed by atoms with van der Waals surface area (Å²) >= 11 is 0. The van der Waals surface area contributed by atoms with Crippen molar-refractivity contribution in [3.8, 4) is 5.75 Å². The largest absolute Gasteiger partial charge is 0.484 e. The zero-order chi connectivity index (χ0) is 17.5. The highest BCUT2D eigenvalue weighted by Crippen LogP contribution is 2.37. The van der Waals surface area contributed by atoms with E-state index < -0.39 is 17.3 Å². The number of hydrogen-bond acceptors (Lipinski definition) is 5. The van der Waals surface area contributed by atoms with Crippen LogP contribution in [0, 0.1) is 0 Å². The van der Waals surface area contributed by atoms with Crippen LogP contribution in [-0.4, -0.2) is 17.7 Å². The molecule has 2 heterocycles. The maximum absolute atomic E-state index is 12.0. The average Bonchev–Trinajstić information content (AvgIpc) is 2.45. The standard InChI is InChI=1S/C19H20O5/c1-11(2)7-18(21)23-16-10-13-9-14-12(5-6-17(20)22-14)8-15(13)24-19(16,3)4/h5-9,16H,10H2,1-4H3/t16-/m0/s1. The first kappa shape index (κ1) is 16.3. The molecule has 0 unspecified atom stereocenters. The first-order valence-corrected chi connectivity index (χ1v) is 7.86. The van der Waals surface area contributed by atoms with Gasteiger partial charge >= 0.3 is 11.6 Å². The monoisotopic (exact) mass is 328 g/mol. The fraction of sp³-hybridized carbons (Fsp3) is 0.368. The van der Waals surface area contributed by atoms with E-state index in [4.69, 9.17) is 13.9 Å². The highest BCUT2D eigenvalue weighted by atomic mass is 16.6. The summed E-state index contributed by atoms with van der Waals surface area (Å²) in [5, 5.41) is 0.795.